The maximum atomic E-state index is 5.89. The van der Waals surface area contributed by atoms with Crippen molar-refractivity contribution in [1.29, 1.82) is 0 Å². The van der Waals surface area contributed by atoms with Crippen molar-refractivity contribution >= 4 is 22.4 Å². The van der Waals surface area contributed by atoms with Gasteiger partial charge in [0.05, 0.1) is 5.52 Å². The zero-order chi connectivity index (χ0) is 13.9. The Hall–Kier alpha value is -1.84. The lowest BCUT2D eigenvalue weighted by Crippen LogP contribution is -2.26. The van der Waals surface area contributed by atoms with E-state index in [9.17, 15) is 0 Å². The van der Waals surface area contributed by atoms with Gasteiger partial charge >= 0.3 is 0 Å². The molecule has 1 fully saturated rings. The van der Waals surface area contributed by atoms with Crippen LogP contribution in [-0.2, 0) is 0 Å². The topological polar surface area (TPSA) is 63.8 Å². The van der Waals surface area contributed by atoms with Crippen molar-refractivity contribution in [1.82, 2.24) is 9.97 Å². The fraction of sp³-hybridized carbons (Fsp3) is 0.500. The van der Waals surface area contributed by atoms with E-state index in [1.165, 1.54) is 32.1 Å². The van der Waals surface area contributed by atoms with Gasteiger partial charge in [-0.05, 0) is 37.0 Å². The van der Waals surface area contributed by atoms with Crippen LogP contribution in [0.1, 0.15) is 39.0 Å². The average Bonchev–Trinajstić information content (AvgIpc) is 2.65. The minimum atomic E-state index is 0.497. The van der Waals surface area contributed by atoms with Crippen LogP contribution in [0.15, 0.2) is 24.5 Å². The molecule has 0 spiro atoms. The number of anilines is 2. The minimum Gasteiger partial charge on any atom is -0.399 e. The number of hydrogen-bond donors (Lipinski definition) is 2. The van der Waals surface area contributed by atoms with Crippen molar-refractivity contribution in [3.63, 3.8) is 0 Å². The Morgan fingerprint density at radius 2 is 2.00 bits per heavy atom. The lowest BCUT2D eigenvalue weighted by atomic mass is 9.97. The summed E-state index contributed by atoms with van der Waals surface area (Å²) < 4.78 is 0. The van der Waals surface area contributed by atoms with Crippen molar-refractivity contribution in [3.05, 3.63) is 24.5 Å². The van der Waals surface area contributed by atoms with E-state index in [0.717, 1.165) is 22.4 Å². The first-order valence-electron chi connectivity index (χ1n) is 7.51. The van der Waals surface area contributed by atoms with Gasteiger partial charge in [-0.1, -0.05) is 26.2 Å². The molecular formula is C16H22N4. The highest BCUT2D eigenvalue weighted by Crippen LogP contribution is 2.28. The number of benzene rings is 1. The molecule has 0 aliphatic heterocycles. The summed E-state index contributed by atoms with van der Waals surface area (Å²) in [5, 5.41) is 4.65. The van der Waals surface area contributed by atoms with Crippen LogP contribution < -0.4 is 11.1 Å². The first kappa shape index (κ1) is 13.2. The first-order chi connectivity index (χ1) is 9.74. The molecule has 2 atom stereocenters. The third-order valence-corrected chi connectivity index (χ3v) is 4.34. The molecule has 20 heavy (non-hydrogen) atoms. The van der Waals surface area contributed by atoms with E-state index in [1.54, 1.807) is 6.33 Å². The van der Waals surface area contributed by atoms with Gasteiger partial charge in [0.15, 0.2) is 0 Å². The standard InChI is InChI=1S/C16H22N4/c1-11-5-3-2-4-6-14(11)20-16-13-9-12(17)7-8-15(13)18-10-19-16/h7-11,14H,2-6,17H2,1H3,(H,18,19,20). The number of rotatable bonds is 2. The number of nitrogen functional groups attached to an aromatic ring is 1. The number of nitrogens with two attached hydrogens (primary N) is 1. The van der Waals surface area contributed by atoms with Crippen LogP contribution in [0.4, 0.5) is 11.5 Å². The Morgan fingerprint density at radius 1 is 1.15 bits per heavy atom. The Bertz CT molecular complexity index is 596. The highest BCUT2D eigenvalue weighted by atomic mass is 15.0. The number of hydrogen-bond acceptors (Lipinski definition) is 4. The molecule has 1 aromatic heterocycles. The number of nitrogens with zero attached hydrogens (tertiary/aromatic N) is 2. The van der Waals surface area contributed by atoms with Crippen molar-refractivity contribution in [2.45, 2.75) is 45.1 Å². The number of nitrogens with one attached hydrogen (secondary N) is 1. The van der Waals surface area contributed by atoms with Gasteiger partial charge in [-0.2, -0.15) is 0 Å². The van der Waals surface area contributed by atoms with Gasteiger partial charge in [-0.25, -0.2) is 9.97 Å². The lowest BCUT2D eigenvalue weighted by Gasteiger charge is -2.24. The molecule has 3 N–H and O–H groups in total. The van der Waals surface area contributed by atoms with Gasteiger partial charge in [-0.3, -0.25) is 0 Å². The fourth-order valence-electron chi connectivity index (χ4n) is 3.07. The molecule has 1 saturated carbocycles. The molecule has 0 radical (unpaired) electrons. The quantitative estimate of drug-likeness (QED) is 0.646. The van der Waals surface area contributed by atoms with Gasteiger partial charge in [0.1, 0.15) is 12.1 Å². The molecule has 1 aromatic carbocycles. The first-order valence-corrected chi connectivity index (χ1v) is 7.51. The Kier molecular flexibility index (Phi) is 3.72. The number of aromatic nitrogens is 2. The van der Waals surface area contributed by atoms with E-state index in [4.69, 9.17) is 5.73 Å². The molecule has 0 amide bonds. The van der Waals surface area contributed by atoms with Gasteiger partial charge in [-0.15, -0.1) is 0 Å². The highest BCUT2D eigenvalue weighted by Gasteiger charge is 2.20. The van der Waals surface area contributed by atoms with E-state index >= 15 is 0 Å². The molecule has 3 rings (SSSR count). The van der Waals surface area contributed by atoms with Crippen LogP contribution in [0.25, 0.3) is 10.9 Å². The smallest absolute Gasteiger partial charge is 0.137 e. The summed E-state index contributed by atoms with van der Waals surface area (Å²) >= 11 is 0. The molecule has 1 aliphatic carbocycles. The van der Waals surface area contributed by atoms with Gasteiger partial charge in [0.25, 0.3) is 0 Å². The molecule has 2 unspecified atom stereocenters. The van der Waals surface area contributed by atoms with Gasteiger partial charge in [0, 0.05) is 17.1 Å². The van der Waals surface area contributed by atoms with Crippen LogP contribution >= 0.6 is 0 Å². The van der Waals surface area contributed by atoms with Gasteiger partial charge in [0.2, 0.25) is 0 Å². The predicted molar refractivity (Wildman–Crippen MR) is 83.6 cm³/mol. The maximum absolute atomic E-state index is 5.89. The van der Waals surface area contributed by atoms with E-state index < -0.39 is 0 Å². The Morgan fingerprint density at radius 3 is 2.90 bits per heavy atom. The SMILES string of the molecule is CC1CCCCCC1Nc1ncnc2ccc(N)cc12. The Labute approximate surface area is 119 Å². The largest absolute Gasteiger partial charge is 0.399 e. The van der Waals surface area contributed by atoms with Crippen molar-refractivity contribution in [2.75, 3.05) is 11.1 Å². The second-order valence-corrected chi connectivity index (χ2v) is 5.86. The van der Waals surface area contributed by atoms with Gasteiger partial charge < -0.3 is 11.1 Å². The summed E-state index contributed by atoms with van der Waals surface area (Å²) in [6.45, 7) is 2.33. The molecule has 1 heterocycles. The van der Waals surface area contributed by atoms with Crippen LogP contribution in [0, 0.1) is 5.92 Å². The molecule has 4 heteroatoms. The summed E-state index contributed by atoms with van der Waals surface area (Å²) in [6.07, 6.45) is 8.13. The normalized spacial score (nSPS) is 23.4. The molecule has 4 nitrogen and oxygen atoms in total. The molecule has 0 bridgehead atoms. The third kappa shape index (κ3) is 2.69. The van der Waals surface area contributed by atoms with Crippen LogP contribution in [-0.4, -0.2) is 16.0 Å². The molecule has 2 aromatic rings. The Balaban J connectivity index is 1.91. The van der Waals surface area contributed by atoms with E-state index in [0.29, 0.717) is 12.0 Å². The van der Waals surface area contributed by atoms with E-state index in [2.05, 4.69) is 22.2 Å². The minimum absolute atomic E-state index is 0.497. The van der Waals surface area contributed by atoms with Crippen molar-refractivity contribution in [3.8, 4) is 0 Å². The zero-order valence-electron chi connectivity index (χ0n) is 12.0. The van der Waals surface area contributed by atoms with E-state index in [-0.39, 0.29) is 0 Å². The summed E-state index contributed by atoms with van der Waals surface area (Å²) in [6, 6.07) is 6.29. The lowest BCUT2D eigenvalue weighted by molar-refractivity contribution is 0.456. The van der Waals surface area contributed by atoms with E-state index in [1.807, 2.05) is 18.2 Å². The second kappa shape index (κ2) is 5.65. The zero-order valence-corrected chi connectivity index (χ0v) is 12.0. The molecule has 0 saturated heterocycles. The summed E-state index contributed by atoms with van der Waals surface area (Å²) in [7, 11) is 0. The van der Waals surface area contributed by atoms with Crippen LogP contribution in [0.3, 0.4) is 0 Å². The summed E-state index contributed by atoms with van der Waals surface area (Å²) in [5.41, 5.74) is 7.59. The summed E-state index contributed by atoms with van der Waals surface area (Å²) in [4.78, 5) is 8.74. The van der Waals surface area contributed by atoms with Crippen LogP contribution in [0.5, 0.6) is 0 Å². The highest BCUT2D eigenvalue weighted by molar-refractivity contribution is 5.91. The molecule has 106 valence electrons. The summed E-state index contributed by atoms with van der Waals surface area (Å²) in [5.74, 6) is 1.60. The monoisotopic (exact) mass is 270 g/mol. The molecule has 1 aliphatic rings. The molecular weight excluding hydrogens is 248 g/mol. The van der Waals surface area contributed by atoms with Crippen molar-refractivity contribution < 1.29 is 0 Å². The number of fused-ring (bicyclic) bond motifs is 1. The predicted octanol–water partition coefficient (Wildman–Crippen LogP) is 3.59. The van der Waals surface area contributed by atoms with Crippen molar-refractivity contribution in [2.24, 2.45) is 5.92 Å². The second-order valence-electron chi connectivity index (χ2n) is 5.86. The fourth-order valence-corrected chi connectivity index (χ4v) is 3.07. The average molecular weight is 270 g/mol. The van der Waals surface area contributed by atoms with Crippen LogP contribution in [0.2, 0.25) is 0 Å². The third-order valence-electron chi connectivity index (χ3n) is 4.34. The maximum Gasteiger partial charge on any atom is 0.137 e.